The number of rotatable bonds is 13. The maximum Gasteiger partial charge on any atom is 3.00 e. The van der Waals surface area contributed by atoms with Gasteiger partial charge in [-0.05, 0) is 43.0 Å². The number of nitrogens with zero attached hydrogens (tertiary/aromatic N) is 2. The summed E-state index contributed by atoms with van der Waals surface area (Å²) in [7, 11) is -5.38. The summed E-state index contributed by atoms with van der Waals surface area (Å²) in [6.45, 7) is 4.51. The predicted octanol–water partition coefficient (Wildman–Crippen LogP) is 4.06. The predicted molar refractivity (Wildman–Crippen MR) is 252 cm³/mol. The topological polar surface area (TPSA) is 70.8 Å². The van der Waals surface area contributed by atoms with Gasteiger partial charge in [0.2, 0.25) is 0 Å². The zero-order valence-corrected chi connectivity index (χ0v) is 38.5. The van der Waals surface area contributed by atoms with Crippen molar-refractivity contribution in [2.45, 2.75) is 25.2 Å². The standard InChI is InChI=1S/C54H48N2O2Si2.ClH.Mn/c1-59(45-29-13-5-14-30-45,46-31-15-6-16-32-46)49-37-21-27-43(53(49)57)39-55-51(41-23-9-3-10-24-41)52(42-25-11-4-12-26-42)56-40-44-28-22-38-50(54(44)58)60(2,47-33-17-7-18-34-47)48-35-19-8-20-36-48;;/h3-40,51-52,57-58H,1-2H3;1H;/q;;+3/p-3/t51-,52-;;/m1../s1. The third-order valence-electron chi connectivity index (χ3n) is 11.9. The van der Waals surface area contributed by atoms with Crippen molar-refractivity contribution in [3.05, 3.63) is 241 Å². The van der Waals surface area contributed by atoms with Crippen LogP contribution in [-0.4, -0.2) is 28.6 Å². The van der Waals surface area contributed by atoms with E-state index in [9.17, 15) is 10.2 Å². The zero-order chi connectivity index (χ0) is 41.4. The first kappa shape index (κ1) is 45.5. The van der Waals surface area contributed by atoms with E-state index >= 15 is 0 Å². The molecule has 0 unspecified atom stereocenters. The summed E-state index contributed by atoms with van der Waals surface area (Å²) < 4.78 is 0. The van der Waals surface area contributed by atoms with Gasteiger partial charge in [0.1, 0.15) is 28.2 Å². The van der Waals surface area contributed by atoms with Crippen LogP contribution in [0.15, 0.2) is 228 Å². The minimum atomic E-state index is -2.69. The van der Waals surface area contributed by atoms with Crippen LogP contribution in [0.1, 0.15) is 34.3 Å². The molecule has 0 radical (unpaired) electrons. The van der Waals surface area contributed by atoms with Gasteiger partial charge in [0.15, 0.2) is 0 Å². The maximum absolute atomic E-state index is 14.7. The first-order chi connectivity index (χ1) is 29.4. The second-order valence-electron chi connectivity index (χ2n) is 15.4. The van der Waals surface area contributed by atoms with Crippen molar-refractivity contribution in [1.82, 2.24) is 0 Å². The average molecular weight is 902 g/mol. The Labute approximate surface area is 384 Å². The molecule has 0 N–H and O–H groups in total. The van der Waals surface area contributed by atoms with Crippen LogP contribution in [0.3, 0.4) is 0 Å². The molecule has 0 spiro atoms. The Morgan fingerprint density at radius 2 is 0.629 bits per heavy atom. The summed E-state index contributed by atoms with van der Waals surface area (Å²) in [5.74, 6) is -0.0434. The molecular formula is C54H46ClMnN2O2Si2. The van der Waals surface area contributed by atoms with E-state index in [0.717, 1.165) is 21.5 Å². The van der Waals surface area contributed by atoms with Crippen LogP contribution in [0, 0.1) is 0 Å². The zero-order valence-electron chi connectivity index (χ0n) is 34.6. The largest absolute Gasteiger partial charge is 3.00 e. The summed E-state index contributed by atoms with van der Waals surface area (Å²) in [6.07, 6.45) is 3.46. The smallest absolute Gasteiger partial charge is 1.00 e. The Morgan fingerprint density at radius 1 is 0.371 bits per heavy atom. The molecular weight excluding hydrogens is 855 g/mol. The fraction of sp³-hybridized carbons (Fsp3) is 0.0741. The Hall–Kier alpha value is -6.06. The fourth-order valence-electron chi connectivity index (χ4n) is 8.46. The fourth-order valence-corrected chi connectivity index (χ4v) is 15.9. The van der Waals surface area contributed by atoms with Crippen LogP contribution in [-0.2, 0) is 17.1 Å². The summed E-state index contributed by atoms with van der Waals surface area (Å²) in [5, 5.41) is 35.7. The molecule has 0 saturated carbocycles. The van der Waals surface area contributed by atoms with E-state index in [1.54, 1.807) is 12.4 Å². The second kappa shape index (κ2) is 20.7. The molecule has 0 aliphatic rings. The minimum absolute atomic E-state index is 0. The molecule has 8 heteroatoms. The molecule has 0 saturated heterocycles. The van der Waals surface area contributed by atoms with Crippen LogP contribution < -0.4 is 53.7 Å². The van der Waals surface area contributed by atoms with E-state index in [0.29, 0.717) is 11.1 Å². The molecule has 306 valence electrons. The van der Waals surface area contributed by atoms with Gasteiger partial charge >= 0.3 is 17.1 Å². The van der Waals surface area contributed by atoms with Gasteiger partial charge in [0, 0.05) is 12.4 Å². The monoisotopic (exact) mass is 900 g/mol. The Morgan fingerprint density at radius 3 is 0.903 bits per heavy atom. The van der Waals surface area contributed by atoms with Gasteiger partial charge in [-0.25, -0.2) is 0 Å². The van der Waals surface area contributed by atoms with Gasteiger partial charge in [0.25, 0.3) is 0 Å². The van der Waals surface area contributed by atoms with Gasteiger partial charge in [-0.3, -0.25) is 9.98 Å². The van der Waals surface area contributed by atoms with Crippen molar-refractivity contribution in [3.63, 3.8) is 0 Å². The maximum atomic E-state index is 14.7. The minimum Gasteiger partial charge on any atom is -1.00 e. The van der Waals surface area contributed by atoms with Crippen molar-refractivity contribution in [1.29, 1.82) is 0 Å². The van der Waals surface area contributed by atoms with Crippen LogP contribution in [0.4, 0.5) is 0 Å². The van der Waals surface area contributed by atoms with Crippen molar-refractivity contribution in [3.8, 4) is 11.5 Å². The molecule has 62 heavy (non-hydrogen) atoms. The molecule has 4 nitrogen and oxygen atoms in total. The SMILES string of the molecule is C[Si](c1ccccc1)(c1ccccc1)c1cccc(C=N[C@H](c2ccccc2)[C@H](N=Cc2cccc([Si](C)(c3ccccc3)c3ccccc3)c2[O-])c2ccccc2)c1[O-].[Cl-].[Mn+3]. The summed E-state index contributed by atoms with van der Waals surface area (Å²) >= 11 is 0. The molecule has 2 atom stereocenters. The third kappa shape index (κ3) is 9.24. The van der Waals surface area contributed by atoms with Gasteiger partial charge in [-0.15, -0.1) is 11.5 Å². The van der Waals surface area contributed by atoms with Gasteiger partial charge < -0.3 is 22.6 Å². The molecule has 8 aromatic rings. The third-order valence-corrected chi connectivity index (χ3v) is 20.8. The normalized spacial score (nSPS) is 12.6. The van der Waals surface area contributed by atoms with E-state index in [4.69, 9.17) is 9.98 Å². The summed E-state index contributed by atoms with van der Waals surface area (Å²) in [6, 6.07) is 72.4. The molecule has 0 heterocycles. The molecule has 0 fully saturated rings. The van der Waals surface area contributed by atoms with Crippen molar-refractivity contribution < 1.29 is 39.7 Å². The number of aliphatic imine (C=N–C) groups is 2. The van der Waals surface area contributed by atoms with E-state index in [1.807, 2.05) is 170 Å². The van der Waals surface area contributed by atoms with Crippen LogP contribution >= 0.6 is 0 Å². The van der Waals surface area contributed by atoms with E-state index in [2.05, 4.69) is 61.6 Å². The van der Waals surface area contributed by atoms with Crippen molar-refractivity contribution in [2.75, 3.05) is 0 Å². The molecule has 0 aliphatic heterocycles. The molecule has 8 aromatic carbocycles. The molecule has 0 amide bonds. The average Bonchev–Trinajstić information content (AvgIpc) is 3.32. The van der Waals surface area contributed by atoms with Crippen LogP contribution in [0.5, 0.6) is 11.5 Å². The summed E-state index contributed by atoms with van der Waals surface area (Å²) in [4.78, 5) is 10.5. The number of hydrogen-bond acceptors (Lipinski definition) is 4. The molecule has 0 aliphatic carbocycles. The van der Waals surface area contributed by atoms with Crippen molar-refractivity contribution >= 4 is 59.7 Å². The Kier molecular flexibility index (Phi) is 15.2. The Balaban J connectivity index is 0.00000321. The van der Waals surface area contributed by atoms with Gasteiger partial charge in [-0.1, -0.05) is 242 Å². The van der Waals surface area contributed by atoms with Crippen LogP contribution in [0.25, 0.3) is 0 Å². The molecule has 0 aromatic heterocycles. The first-order valence-electron chi connectivity index (χ1n) is 20.4. The number of hydrogen-bond donors (Lipinski definition) is 0. The van der Waals surface area contributed by atoms with E-state index in [1.165, 1.54) is 20.7 Å². The second-order valence-corrected chi connectivity index (χ2v) is 23.3. The quantitative estimate of drug-likeness (QED) is 0.0997. The summed E-state index contributed by atoms with van der Waals surface area (Å²) in [5.41, 5.74) is 2.94. The van der Waals surface area contributed by atoms with Crippen molar-refractivity contribution in [2.24, 2.45) is 9.98 Å². The number of para-hydroxylation sites is 2. The Bertz CT molecular complexity index is 2440. The molecule has 0 bridgehead atoms. The first-order valence-corrected chi connectivity index (χ1v) is 25.4. The van der Waals surface area contributed by atoms with E-state index in [-0.39, 0.29) is 41.0 Å². The van der Waals surface area contributed by atoms with Crippen LogP contribution in [0.2, 0.25) is 13.1 Å². The van der Waals surface area contributed by atoms with Gasteiger partial charge in [-0.2, -0.15) is 0 Å². The number of halogens is 1. The number of benzene rings is 8. The van der Waals surface area contributed by atoms with Gasteiger partial charge in [0.05, 0.1) is 0 Å². The molecule has 8 rings (SSSR count). The van der Waals surface area contributed by atoms with E-state index < -0.39 is 28.2 Å².